The number of imide groups is 1. The molecule has 1 fully saturated rings. The molecule has 0 spiro atoms. The number of thiazole rings is 1. The minimum Gasteiger partial charge on any atom is -0.497 e. The van der Waals surface area contributed by atoms with Gasteiger partial charge in [0.25, 0.3) is 0 Å². The Kier molecular flexibility index (Phi) is 6.02. The van der Waals surface area contributed by atoms with Crippen LogP contribution in [-0.4, -0.2) is 42.5 Å². The molecule has 3 rings (SSSR count). The highest BCUT2D eigenvalue weighted by Crippen LogP contribution is 2.24. The Morgan fingerprint density at radius 1 is 1.33 bits per heavy atom. The summed E-state index contributed by atoms with van der Waals surface area (Å²) in [6.45, 7) is 0.405. The number of methoxy groups -OCH3 is 1. The van der Waals surface area contributed by atoms with Gasteiger partial charge in [-0.3, -0.25) is 14.9 Å². The molecule has 1 aromatic carbocycles. The van der Waals surface area contributed by atoms with E-state index in [0.717, 1.165) is 22.0 Å². The number of carbonyl (C=O) groups is 3. The molecule has 0 unspecified atom stereocenters. The fourth-order valence-corrected chi connectivity index (χ4v) is 3.47. The lowest BCUT2D eigenvalue weighted by atomic mass is 10.1. The van der Waals surface area contributed by atoms with Crippen LogP contribution in [-0.2, 0) is 16.0 Å². The zero-order chi connectivity index (χ0) is 19.2. The first-order valence-corrected chi connectivity index (χ1v) is 9.40. The van der Waals surface area contributed by atoms with Gasteiger partial charge in [-0.25, -0.2) is 9.78 Å². The predicted molar refractivity (Wildman–Crippen MR) is 101 cm³/mol. The van der Waals surface area contributed by atoms with Crippen LogP contribution in [0, 0.1) is 0 Å². The summed E-state index contributed by atoms with van der Waals surface area (Å²) >= 11 is 1.53. The smallest absolute Gasteiger partial charge is 0.322 e. The Morgan fingerprint density at radius 2 is 2.11 bits per heavy atom. The first-order chi connectivity index (χ1) is 13.0. The van der Waals surface area contributed by atoms with Gasteiger partial charge in [0.1, 0.15) is 11.8 Å². The molecule has 1 atom stereocenters. The number of aromatic nitrogens is 1. The van der Waals surface area contributed by atoms with E-state index in [9.17, 15) is 14.4 Å². The van der Waals surface area contributed by atoms with Crippen LogP contribution in [0.2, 0.25) is 0 Å². The summed E-state index contributed by atoms with van der Waals surface area (Å²) in [5.74, 6) is 0.114. The largest absolute Gasteiger partial charge is 0.497 e. The molecule has 2 aromatic rings. The fraction of sp³-hybridized carbons (Fsp3) is 0.333. The van der Waals surface area contributed by atoms with Crippen LogP contribution in [0.5, 0.6) is 5.75 Å². The molecule has 3 N–H and O–H groups in total. The van der Waals surface area contributed by atoms with Gasteiger partial charge >= 0.3 is 6.03 Å². The van der Waals surface area contributed by atoms with Crippen molar-refractivity contribution in [3.05, 3.63) is 34.7 Å². The van der Waals surface area contributed by atoms with Gasteiger partial charge in [-0.15, -0.1) is 11.3 Å². The number of carbonyl (C=O) groups excluding carboxylic acids is 3. The molecular weight excluding hydrogens is 368 g/mol. The van der Waals surface area contributed by atoms with Crippen molar-refractivity contribution in [2.75, 3.05) is 13.7 Å². The maximum atomic E-state index is 12.2. The maximum Gasteiger partial charge on any atom is 0.322 e. The number of hydrogen-bond acceptors (Lipinski definition) is 6. The molecule has 0 radical (unpaired) electrons. The minimum absolute atomic E-state index is 0.133. The van der Waals surface area contributed by atoms with Crippen molar-refractivity contribution in [2.45, 2.75) is 25.3 Å². The van der Waals surface area contributed by atoms with Crippen LogP contribution in [0.4, 0.5) is 4.79 Å². The van der Waals surface area contributed by atoms with Gasteiger partial charge in [0.15, 0.2) is 0 Å². The molecule has 142 valence electrons. The molecule has 4 amide bonds. The van der Waals surface area contributed by atoms with Crippen molar-refractivity contribution in [1.29, 1.82) is 0 Å². The van der Waals surface area contributed by atoms with E-state index < -0.39 is 12.1 Å². The van der Waals surface area contributed by atoms with Crippen LogP contribution in [0.15, 0.2) is 29.6 Å². The van der Waals surface area contributed by atoms with Crippen LogP contribution in [0.3, 0.4) is 0 Å². The van der Waals surface area contributed by atoms with E-state index in [2.05, 4.69) is 20.9 Å². The lowest BCUT2D eigenvalue weighted by Crippen LogP contribution is -2.48. The van der Waals surface area contributed by atoms with E-state index in [1.54, 1.807) is 7.11 Å². The summed E-state index contributed by atoms with van der Waals surface area (Å²) in [5, 5.41) is 10.3. The minimum atomic E-state index is -0.706. The molecule has 27 heavy (non-hydrogen) atoms. The van der Waals surface area contributed by atoms with E-state index in [1.807, 2.05) is 29.6 Å². The normalized spacial score (nSPS) is 16.9. The highest BCUT2D eigenvalue weighted by Gasteiger charge is 2.25. The summed E-state index contributed by atoms with van der Waals surface area (Å²) in [4.78, 5) is 39.5. The average Bonchev–Trinajstić information content (AvgIpc) is 3.06. The Labute approximate surface area is 160 Å². The van der Waals surface area contributed by atoms with Crippen molar-refractivity contribution in [3.8, 4) is 17.0 Å². The summed E-state index contributed by atoms with van der Waals surface area (Å²) in [7, 11) is 1.62. The third kappa shape index (κ3) is 5.04. The molecule has 1 aliphatic heterocycles. The summed E-state index contributed by atoms with van der Waals surface area (Å²) < 4.78 is 5.15. The van der Waals surface area contributed by atoms with Crippen LogP contribution in [0.25, 0.3) is 11.3 Å². The van der Waals surface area contributed by atoms with Crippen molar-refractivity contribution >= 4 is 29.2 Å². The Hall–Kier alpha value is -2.94. The molecule has 0 aliphatic carbocycles. The van der Waals surface area contributed by atoms with Crippen molar-refractivity contribution in [1.82, 2.24) is 20.9 Å². The second-order valence-corrected chi connectivity index (χ2v) is 6.95. The van der Waals surface area contributed by atoms with Crippen molar-refractivity contribution < 1.29 is 19.1 Å². The van der Waals surface area contributed by atoms with Crippen LogP contribution >= 0.6 is 11.3 Å². The molecule has 0 saturated carbocycles. The van der Waals surface area contributed by atoms with Crippen LogP contribution in [0.1, 0.15) is 17.8 Å². The Balaban J connectivity index is 1.50. The number of rotatable bonds is 6. The highest BCUT2D eigenvalue weighted by atomic mass is 32.1. The van der Waals surface area contributed by atoms with Gasteiger partial charge in [0.2, 0.25) is 11.8 Å². The van der Waals surface area contributed by atoms with E-state index in [0.29, 0.717) is 13.0 Å². The lowest BCUT2D eigenvalue weighted by molar-refractivity contribution is -0.123. The molecule has 8 nitrogen and oxygen atoms in total. The number of nitrogens with zero attached hydrogens (tertiary/aromatic N) is 1. The Bertz CT molecular complexity index is 834. The highest BCUT2D eigenvalue weighted by molar-refractivity contribution is 7.09. The molecule has 9 heteroatoms. The number of ether oxygens (including phenoxy) is 1. The molecule has 0 bridgehead atoms. The molecule has 2 heterocycles. The van der Waals surface area contributed by atoms with Crippen molar-refractivity contribution in [3.63, 3.8) is 0 Å². The third-order valence-corrected chi connectivity index (χ3v) is 5.02. The fourth-order valence-electron chi connectivity index (χ4n) is 2.66. The second-order valence-electron chi connectivity index (χ2n) is 6.01. The van der Waals surface area contributed by atoms with E-state index >= 15 is 0 Å². The SMILES string of the molecule is COc1ccc(-c2csc(CCNC(=O)[C@@H]3CCC(=O)NC(=O)N3)n2)cc1. The quantitative estimate of drug-likeness (QED) is 0.694. The first-order valence-electron chi connectivity index (χ1n) is 8.52. The summed E-state index contributed by atoms with van der Waals surface area (Å²) in [6, 6.07) is 6.32. The Morgan fingerprint density at radius 3 is 2.85 bits per heavy atom. The van der Waals surface area contributed by atoms with Gasteiger partial charge in [-0.05, 0) is 30.7 Å². The standard InChI is InChI=1S/C18H20N4O4S/c1-26-12-4-2-11(3-5-12)14-10-27-16(20-14)8-9-19-17(24)13-6-7-15(23)22-18(25)21-13/h2-5,10,13H,6-9H2,1H3,(H,19,24)(H2,21,22,23,25)/t13-/m0/s1. The maximum absolute atomic E-state index is 12.2. The number of benzene rings is 1. The van der Waals surface area contributed by atoms with Crippen molar-refractivity contribution in [2.24, 2.45) is 0 Å². The number of nitrogens with one attached hydrogen (secondary N) is 3. The van der Waals surface area contributed by atoms with Gasteiger partial charge in [0, 0.05) is 30.3 Å². The zero-order valence-corrected chi connectivity index (χ0v) is 15.6. The topological polar surface area (TPSA) is 109 Å². The van der Waals surface area contributed by atoms with Gasteiger partial charge in [-0.1, -0.05) is 0 Å². The van der Waals surface area contributed by atoms with E-state index in [-0.39, 0.29) is 24.7 Å². The summed E-state index contributed by atoms with van der Waals surface area (Å²) in [6.07, 6.45) is 1.00. The zero-order valence-electron chi connectivity index (χ0n) is 14.8. The molecule has 1 aliphatic rings. The number of hydrogen-bond donors (Lipinski definition) is 3. The van der Waals surface area contributed by atoms with Gasteiger partial charge in [-0.2, -0.15) is 0 Å². The molecule has 1 saturated heterocycles. The van der Waals surface area contributed by atoms with E-state index in [4.69, 9.17) is 4.74 Å². The van der Waals surface area contributed by atoms with Gasteiger partial charge < -0.3 is 15.4 Å². The average molecular weight is 388 g/mol. The predicted octanol–water partition coefficient (Wildman–Crippen LogP) is 1.47. The number of amides is 4. The third-order valence-electron chi connectivity index (χ3n) is 4.11. The second kappa shape index (κ2) is 8.63. The lowest BCUT2D eigenvalue weighted by Gasteiger charge is -2.14. The van der Waals surface area contributed by atoms with Gasteiger partial charge in [0.05, 0.1) is 17.8 Å². The molecular formula is C18H20N4O4S. The first kappa shape index (κ1) is 18.8. The molecule has 1 aromatic heterocycles. The van der Waals surface area contributed by atoms with Crippen LogP contribution < -0.4 is 20.7 Å². The monoisotopic (exact) mass is 388 g/mol. The van der Waals surface area contributed by atoms with E-state index in [1.165, 1.54) is 11.3 Å². The summed E-state index contributed by atoms with van der Waals surface area (Å²) in [5.41, 5.74) is 1.88. The number of urea groups is 1.